The minimum absolute atomic E-state index is 0.0397. The van der Waals surface area contributed by atoms with Gasteiger partial charge in [-0.3, -0.25) is 14.3 Å². The Morgan fingerprint density at radius 1 is 1.19 bits per heavy atom. The van der Waals surface area contributed by atoms with E-state index < -0.39 is 35.7 Å². The van der Waals surface area contributed by atoms with Crippen LogP contribution in [-0.2, 0) is 17.5 Å². The van der Waals surface area contributed by atoms with Crippen molar-refractivity contribution in [1.82, 2.24) is 14.8 Å². The lowest BCUT2D eigenvalue weighted by molar-refractivity contribution is -0.143. The summed E-state index contributed by atoms with van der Waals surface area (Å²) in [4.78, 5) is 27.8. The van der Waals surface area contributed by atoms with Gasteiger partial charge in [0.25, 0.3) is 0 Å². The first-order valence-corrected chi connectivity index (χ1v) is 11.9. The molecule has 1 aliphatic rings. The quantitative estimate of drug-likeness (QED) is 0.354. The number of ether oxygens (including phenoxy) is 1. The molecular weight excluding hydrogens is 487 g/mol. The first-order chi connectivity index (χ1) is 17.6. The second-order valence-corrected chi connectivity index (χ2v) is 9.20. The van der Waals surface area contributed by atoms with Gasteiger partial charge >= 0.3 is 12.1 Å². The Labute approximate surface area is 211 Å². The molecule has 2 aromatic heterocycles. The number of pyridine rings is 1. The molecule has 4 rings (SSSR count). The van der Waals surface area contributed by atoms with Crippen molar-refractivity contribution >= 4 is 17.8 Å². The van der Waals surface area contributed by atoms with Crippen LogP contribution in [-0.4, -0.2) is 31.6 Å². The molecule has 2 heterocycles. The average Bonchev–Trinajstić information content (AvgIpc) is 3.26. The van der Waals surface area contributed by atoms with Crippen LogP contribution in [0.15, 0.2) is 54.4 Å². The smallest absolute Gasteiger partial charge is 0.435 e. The largest absolute Gasteiger partial charge is 0.480 e. The lowest BCUT2D eigenvalue weighted by Crippen LogP contribution is -2.17. The molecule has 1 fully saturated rings. The number of halogens is 3. The number of carbonyl (C=O) groups excluding carboxylic acids is 1. The summed E-state index contributed by atoms with van der Waals surface area (Å²) in [6.45, 7) is 1.20. The number of allylic oxidation sites excluding steroid dienone is 1. The van der Waals surface area contributed by atoms with E-state index in [1.165, 1.54) is 5.57 Å². The average molecular weight is 514 g/mol. The molecule has 1 aromatic carbocycles. The summed E-state index contributed by atoms with van der Waals surface area (Å²) in [6, 6.07) is 11.3. The zero-order valence-corrected chi connectivity index (χ0v) is 20.2. The third kappa shape index (κ3) is 7.05. The van der Waals surface area contributed by atoms with Crippen LogP contribution < -0.4 is 4.74 Å². The number of carboxylic acid groups (broad SMARTS) is 1. The number of benzene rings is 1. The fraction of sp³-hybridized carbons (Fsp3) is 0.333. The molecule has 0 radical (unpaired) electrons. The third-order valence-electron chi connectivity index (χ3n) is 6.18. The highest BCUT2D eigenvalue weighted by atomic mass is 19.4. The number of alkyl halides is 3. The van der Waals surface area contributed by atoms with Crippen LogP contribution in [0.25, 0.3) is 6.08 Å². The molecule has 194 valence electrons. The Morgan fingerprint density at radius 3 is 2.59 bits per heavy atom. The number of carbonyl (C=O) groups is 2. The number of aromatic nitrogens is 3. The highest BCUT2D eigenvalue weighted by Crippen LogP contribution is 2.35. The molecule has 0 bridgehead atoms. The van der Waals surface area contributed by atoms with Crippen molar-refractivity contribution in [3.05, 3.63) is 76.7 Å². The monoisotopic (exact) mass is 513 g/mol. The van der Waals surface area contributed by atoms with Crippen molar-refractivity contribution < 1.29 is 32.6 Å². The number of nitrogens with zero attached hydrogens (tertiary/aromatic N) is 3. The van der Waals surface area contributed by atoms with Crippen molar-refractivity contribution in [2.45, 2.75) is 51.7 Å². The summed E-state index contributed by atoms with van der Waals surface area (Å²) in [5.41, 5.74) is 1.29. The molecule has 7 nitrogen and oxygen atoms in total. The number of ketones is 1. The number of rotatable bonds is 8. The molecule has 37 heavy (non-hydrogen) atoms. The van der Waals surface area contributed by atoms with E-state index in [-0.39, 0.29) is 12.3 Å². The fourth-order valence-electron chi connectivity index (χ4n) is 4.36. The highest BCUT2D eigenvalue weighted by Gasteiger charge is 2.39. The molecule has 0 saturated heterocycles. The van der Waals surface area contributed by atoms with Crippen LogP contribution >= 0.6 is 0 Å². The summed E-state index contributed by atoms with van der Waals surface area (Å²) in [5.74, 6) is -0.908. The summed E-state index contributed by atoms with van der Waals surface area (Å²) >= 11 is 0. The van der Waals surface area contributed by atoms with E-state index in [9.17, 15) is 22.8 Å². The minimum Gasteiger partial charge on any atom is -0.480 e. The molecule has 1 saturated carbocycles. The lowest BCUT2D eigenvalue weighted by atomic mass is 9.81. The van der Waals surface area contributed by atoms with E-state index in [0.29, 0.717) is 29.2 Å². The topological polar surface area (TPSA) is 94.3 Å². The molecule has 1 aliphatic carbocycles. The van der Waals surface area contributed by atoms with Gasteiger partial charge in [0.15, 0.2) is 11.5 Å². The summed E-state index contributed by atoms with van der Waals surface area (Å²) in [5, 5.41) is 12.1. The van der Waals surface area contributed by atoms with Crippen LogP contribution in [0.4, 0.5) is 13.2 Å². The predicted molar refractivity (Wildman–Crippen MR) is 129 cm³/mol. The molecule has 10 heteroatoms. The van der Waals surface area contributed by atoms with Gasteiger partial charge in [-0.1, -0.05) is 29.8 Å². The number of hydrogen-bond acceptors (Lipinski definition) is 5. The molecular formula is C27H26F3N3O4. The van der Waals surface area contributed by atoms with Gasteiger partial charge in [0.05, 0.1) is 5.56 Å². The number of aliphatic carboxylic acids is 1. The summed E-state index contributed by atoms with van der Waals surface area (Å²) in [6.07, 6.45) is 2.61. The van der Waals surface area contributed by atoms with E-state index in [1.807, 2.05) is 37.3 Å². The Hall–Kier alpha value is -3.95. The zero-order valence-electron chi connectivity index (χ0n) is 20.2. The van der Waals surface area contributed by atoms with Gasteiger partial charge in [0, 0.05) is 24.9 Å². The molecule has 3 aromatic rings. The highest BCUT2D eigenvalue weighted by molar-refractivity contribution is 5.97. The summed E-state index contributed by atoms with van der Waals surface area (Å²) in [7, 11) is 0. The van der Waals surface area contributed by atoms with Gasteiger partial charge in [0.2, 0.25) is 5.88 Å². The maximum Gasteiger partial charge on any atom is 0.435 e. The Kier molecular flexibility index (Phi) is 7.75. The standard InChI is InChI=1S/C27H26F3N3O4/c1-17-5-10-24(31-14-17)37-21-4-2-3-20(12-21)11-18-6-8-19(9-7-18)13-23(34)22-15-33(16-25(35)36)32-26(22)27(28,29)30/h2-5,10-12,14-15,19H,6-9,13,16H2,1H3,(H,35,36). The van der Waals surface area contributed by atoms with E-state index in [2.05, 4.69) is 16.2 Å². The van der Waals surface area contributed by atoms with Gasteiger partial charge in [-0.2, -0.15) is 18.3 Å². The van der Waals surface area contributed by atoms with Gasteiger partial charge in [0.1, 0.15) is 12.3 Å². The van der Waals surface area contributed by atoms with E-state index in [0.717, 1.165) is 30.2 Å². The van der Waals surface area contributed by atoms with Crippen LogP contribution in [0.5, 0.6) is 11.6 Å². The van der Waals surface area contributed by atoms with E-state index in [1.54, 1.807) is 12.3 Å². The van der Waals surface area contributed by atoms with E-state index >= 15 is 0 Å². The van der Waals surface area contributed by atoms with Crippen molar-refractivity contribution in [1.29, 1.82) is 0 Å². The number of carboxylic acids is 1. The summed E-state index contributed by atoms with van der Waals surface area (Å²) < 4.78 is 46.6. The molecule has 0 spiro atoms. The third-order valence-corrected chi connectivity index (χ3v) is 6.18. The van der Waals surface area contributed by atoms with Gasteiger partial charge in [-0.15, -0.1) is 0 Å². The van der Waals surface area contributed by atoms with Crippen molar-refractivity contribution in [2.24, 2.45) is 5.92 Å². The van der Waals surface area contributed by atoms with Crippen LogP contribution in [0, 0.1) is 12.8 Å². The van der Waals surface area contributed by atoms with Gasteiger partial charge in [-0.05, 0) is 61.8 Å². The SMILES string of the molecule is Cc1ccc(Oc2cccc(C=C3CCC(CC(=O)c4cn(CC(=O)O)nc4C(F)(F)F)CC3)c2)nc1. The second kappa shape index (κ2) is 11.0. The molecule has 0 amide bonds. The first kappa shape index (κ1) is 26.1. The van der Waals surface area contributed by atoms with Gasteiger partial charge in [-0.25, -0.2) is 4.98 Å². The van der Waals surface area contributed by atoms with Crippen LogP contribution in [0.1, 0.15) is 59.3 Å². The minimum atomic E-state index is -4.84. The van der Waals surface area contributed by atoms with Crippen LogP contribution in [0.2, 0.25) is 0 Å². The van der Waals surface area contributed by atoms with Crippen molar-refractivity contribution in [3.63, 3.8) is 0 Å². The van der Waals surface area contributed by atoms with Crippen molar-refractivity contribution in [3.8, 4) is 11.6 Å². The Morgan fingerprint density at radius 2 is 1.95 bits per heavy atom. The second-order valence-electron chi connectivity index (χ2n) is 9.20. The van der Waals surface area contributed by atoms with Gasteiger partial charge < -0.3 is 9.84 Å². The molecule has 0 unspecified atom stereocenters. The maximum atomic E-state index is 13.4. The molecule has 0 atom stereocenters. The van der Waals surface area contributed by atoms with E-state index in [4.69, 9.17) is 9.84 Å². The first-order valence-electron chi connectivity index (χ1n) is 11.9. The molecule has 1 N–H and O–H groups in total. The number of aryl methyl sites for hydroxylation is 1. The lowest BCUT2D eigenvalue weighted by Gasteiger charge is -2.23. The Bertz CT molecular complexity index is 1300. The van der Waals surface area contributed by atoms with Crippen LogP contribution in [0.3, 0.4) is 0 Å². The predicted octanol–water partition coefficient (Wildman–Crippen LogP) is 6.33. The number of hydrogen-bond donors (Lipinski definition) is 1. The zero-order chi connectivity index (χ0) is 26.6. The van der Waals surface area contributed by atoms with Crippen molar-refractivity contribution in [2.75, 3.05) is 0 Å². The maximum absolute atomic E-state index is 13.4. The Balaban J connectivity index is 1.37. The molecule has 0 aliphatic heterocycles. The fourth-order valence-corrected chi connectivity index (χ4v) is 4.36. The normalized spacial score (nSPS) is 15.9. The number of Topliss-reactive ketones (excluding diaryl/α,β-unsaturated/α-hetero) is 1.